The molecule has 0 atom stereocenters. The molecule has 0 radical (unpaired) electrons. The minimum atomic E-state index is 0.690. The summed E-state index contributed by atoms with van der Waals surface area (Å²) < 4.78 is 0.690. The van der Waals surface area contributed by atoms with Gasteiger partial charge in [-0.1, -0.05) is 0 Å². The molecule has 0 bridgehead atoms. The third kappa shape index (κ3) is 0.698. The maximum absolute atomic E-state index is 5.38. The molecule has 0 aliphatic carbocycles. The summed E-state index contributed by atoms with van der Waals surface area (Å²) in [5.41, 5.74) is 2.59. The van der Waals surface area contributed by atoms with E-state index in [4.69, 9.17) is 11.6 Å². The summed E-state index contributed by atoms with van der Waals surface area (Å²) in [7, 11) is 0. The number of aromatic nitrogens is 1. The molecule has 0 N–H and O–H groups in total. The van der Waals surface area contributed by atoms with Gasteiger partial charge in [0.25, 0.3) is 0 Å². The summed E-state index contributed by atoms with van der Waals surface area (Å²) >= 11 is 6.69. The van der Waals surface area contributed by atoms with Crippen LogP contribution >= 0.6 is 22.9 Å². The van der Waals surface area contributed by atoms with Crippen LogP contribution in [-0.2, 0) is 0 Å². The van der Waals surface area contributed by atoms with Crippen molar-refractivity contribution in [3.8, 4) is 0 Å². The van der Waals surface area contributed by atoms with Gasteiger partial charge in [0.15, 0.2) is 0 Å². The van der Waals surface area contributed by atoms with Crippen LogP contribution < -0.4 is 0 Å². The Bertz CT molecular complexity index is 114. The van der Waals surface area contributed by atoms with Crippen molar-refractivity contribution < 1.29 is 0 Å². The summed E-state index contributed by atoms with van der Waals surface area (Å²) in [6, 6.07) is 0. The molecule has 0 saturated carbocycles. The first kappa shape index (κ1) is 4.09. The molecule has 1 nitrogen and oxygen atoms in total. The number of nitrogens with zero attached hydrogens (tertiary/aromatic N) is 1. The van der Waals surface area contributed by atoms with Crippen LogP contribution in [0.4, 0.5) is 0 Å². The topological polar surface area (TPSA) is 12.9 Å². The predicted octanol–water partition coefficient (Wildman–Crippen LogP) is 1.60. The van der Waals surface area contributed by atoms with Gasteiger partial charge in [-0.05, 0) is 9.85 Å². The molecule has 3 heteroatoms. The van der Waals surface area contributed by atoms with Gasteiger partial charge < -0.3 is 4.98 Å². The van der Waals surface area contributed by atoms with Gasteiger partial charge in [0, 0.05) is 0 Å². The van der Waals surface area contributed by atoms with Gasteiger partial charge in [-0.15, -0.1) is 6.20 Å². The fourth-order valence-electron chi connectivity index (χ4n) is 0.173. The first-order valence-corrected chi connectivity index (χ1v) is 2.56. The average molecular weight is 119 g/mol. The molecule has 0 aliphatic heterocycles. The zero-order valence-corrected chi connectivity index (χ0v) is 4.38. The molecular weight excluding hydrogens is 118 g/mol. The zero-order valence-electron chi connectivity index (χ0n) is 2.81. The van der Waals surface area contributed by atoms with Crippen molar-refractivity contribution in [3.05, 3.63) is 16.0 Å². The Balaban J connectivity index is 3.05. The van der Waals surface area contributed by atoms with Crippen molar-refractivity contribution in [2.75, 3.05) is 0 Å². The van der Waals surface area contributed by atoms with Crippen molar-refractivity contribution in [3.63, 3.8) is 0 Å². The molecule has 32 valence electrons. The highest BCUT2D eigenvalue weighted by Crippen LogP contribution is 2.10. The lowest BCUT2D eigenvalue weighted by molar-refractivity contribution is 1.41. The Kier molecular flexibility index (Phi) is 1.08. The Hall–Kier alpha value is -0.0800. The highest BCUT2D eigenvalue weighted by molar-refractivity contribution is 7.13. The van der Waals surface area contributed by atoms with Crippen molar-refractivity contribution >= 4 is 22.9 Å². The van der Waals surface area contributed by atoms with Gasteiger partial charge in [0.05, 0.1) is 0 Å². The van der Waals surface area contributed by atoms with Gasteiger partial charge >= 0.3 is 0 Å². The standard InChI is InChI=1S/C3HClNS/c4-3-1-5-2-6-3/h1H/q-1. The fourth-order valence-corrected chi connectivity index (χ4v) is 0.624. The lowest BCUT2D eigenvalue weighted by Gasteiger charge is -1.73. The molecule has 0 amide bonds. The second-order valence-electron chi connectivity index (χ2n) is 0.756. The maximum atomic E-state index is 5.38. The van der Waals surface area contributed by atoms with Crippen molar-refractivity contribution in [2.24, 2.45) is 0 Å². The van der Waals surface area contributed by atoms with E-state index in [2.05, 4.69) is 10.5 Å². The summed E-state index contributed by atoms with van der Waals surface area (Å²) in [5.74, 6) is 0. The van der Waals surface area contributed by atoms with Crippen LogP contribution in [0.2, 0.25) is 4.34 Å². The molecule has 1 rings (SSSR count). The molecular formula is C3HClNS-. The van der Waals surface area contributed by atoms with E-state index in [9.17, 15) is 0 Å². The Labute approximate surface area is 44.6 Å². The highest BCUT2D eigenvalue weighted by Gasteiger charge is 1.65. The van der Waals surface area contributed by atoms with Crippen LogP contribution in [0.15, 0.2) is 6.20 Å². The first-order valence-electron chi connectivity index (χ1n) is 1.37. The van der Waals surface area contributed by atoms with Crippen LogP contribution in [0.3, 0.4) is 0 Å². The van der Waals surface area contributed by atoms with Crippen LogP contribution in [0, 0.1) is 5.51 Å². The summed E-state index contributed by atoms with van der Waals surface area (Å²) in [6.45, 7) is 0. The summed E-state index contributed by atoms with van der Waals surface area (Å²) in [5, 5.41) is 0. The van der Waals surface area contributed by atoms with Crippen LogP contribution in [-0.4, -0.2) is 4.98 Å². The minimum Gasteiger partial charge on any atom is -0.393 e. The molecule has 1 heterocycles. The lowest BCUT2D eigenvalue weighted by Crippen LogP contribution is -1.42. The number of halogens is 1. The van der Waals surface area contributed by atoms with E-state index < -0.39 is 0 Å². The number of hydrogen-bond donors (Lipinski definition) is 0. The van der Waals surface area contributed by atoms with Crippen LogP contribution in [0.5, 0.6) is 0 Å². The maximum Gasteiger partial charge on any atom is -0.0207 e. The van der Waals surface area contributed by atoms with E-state index in [0.29, 0.717) is 4.34 Å². The third-order valence-corrected chi connectivity index (χ3v) is 1.19. The van der Waals surface area contributed by atoms with Crippen LogP contribution in [0.1, 0.15) is 0 Å². The first-order chi connectivity index (χ1) is 2.89. The van der Waals surface area contributed by atoms with Gasteiger partial charge in [-0.3, -0.25) is 11.3 Å². The average Bonchev–Trinajstić information content (AvgIpc) is 1.86. The van der Waals surface area contributed by atoms with Gasteiger partial charge in [-0.25, -0.2) is 0 Å². The highest BCUT2D eigenvalue weighted by atomic mass is 35.5. The van der Waals surface area contributed by atoms with E-state index in [1.165, 1.54) is 11.3 Å². The number of rotatable bonds is 0. The molecule has 0 unspecified atom stereocenters. The molecule has 0 spiro atoms. The second kappa shape index (κ2) is 1.58. The van der Waals surface area contributed by atoms with E-state index in [0.717, 1.165) is 0 Å². The molecule has 0 aromatic carbocycles. The van der Waals surface area contributed by atoms with Gasteiger partial charge in [0.2, 0.25) is 0 Å². The smallest absolute Gasteiger partial charge is 0.0207 e. The molecule has 0 saturated heterocycles. The van der Waals surface area contributed by atoms with E-state index in [1.54, 1.807) is 6.20 Å². The number of thiazole rings is 1. The largest absolute Gasteiger partial charge is 0.393 e. The molecule has 1 aromatic heterocycles. The zero-order chi connectivity index (χ0) is 4.41. The van der Waals surface area contributed by atoms with E-state index in [1.807, 2.05) is 0 Å². The number of hydrogen-bond acceptors (Lipinski definition) is 2. The third-order valence-electron chi connectivity index (χ3n) is 0.362. The summed E-state index contributed by atoms with van der Waals surface area (Å²) in [6.07, 6.45) is 1.56. The van der Waals surface area contributed by atoms with Crippen molar-refractivity contribution in [1.82, 2.24) is 4.98 Å². The second-order valence-corrected chi connectivity index (χ2v) is 2.21. The molecule has 1 aromatic rings. The monoisotopic (exact) mass is 118 g/mol. The van der Waals surface area contributed by atoms with E-state index >= 15 is 0 Å². The van der Waals surface area contributed by atoms with Crippen LogP contribution in [0.25, 0.3) is 0 Å². The van der Waals surface area contributed by atoms with Gasteiger partial charge in [0.1, 0.15) is 0 Å². The quantitative estimate of drug-likeness (QED) is 0.472. The SMILES string of the molecule is Clc1cn[c-]s1. The fraction of sp³-hybridized carbons (Fsp3) is 0. The Morgan fingerprint density at radius 1 is 2.00 bits per heavy atom. The van der Waals surface area contributed by atoms with Gasteiger partial charge in [-0.2, -0.15) is 11.6 Å². The summed E-state index contributed by atoms with van der Waals surface area (Å²) in [4.78, 5) is 3.58. The lowest BCUT2D eigenvalue weighted by atomic mass is 11.0. The minimum absolute atomic E-state index is 0.690. The molecule has 6 heavy (non-hydrogen) atoms. The predicted molar refractivity (Wildman–Crippen MR) is 26.0 cm³/mol. The Morgan fingerprint density at radius 3 is 3.00 bits per heavy atom. The molecule has 0 fully saturated rings. The molecule has 0 aliphatic rings. The Morgan fingerprint density at radius 2 is 2.83 bits per heavy atom. The van der Waals surface area contributed by atoms with E-state index in [-0.39, 0.29) is 0 Å². The van der Waals surface area contributed by atoms with Crippen molar-refractivity contribution in [1.29, 1.82) is 0 Å². The van der Waals surface area contributed by atoms with Crippen molar-refractivity contribution in [2.45, 2.75) is 0 Å². The normalized spacial score (nSPS) is 8.83.